The van der Waals surface area contributed by atoms with E-state index in [9.17, 15) is 39.9 Å². The molecule has 0 fully saturated rings. The summed E-state index contributed by atoms with van der Waals surface area (Å²) in [6.07, 6.45) is -8.63. The molecule has 166 valence electrons. The summed E-state index contributed by atoms with van der Waals surface area (Å²) in [4.78, 5) is 0. The third-order valence-corrected chi connectivity index (χ3v) is 4.51. The highest BCUT2D eigenvalue weighted by atomic mass is 32.2. The van der Waals surface area contributed by atoms with Crippen LogP contribution in [0.2, 0.25) is 0 Å². The standard InChI is InChI=1S/C18H18F6N2O3S/c1-30(28,29)26-15-8-11(2-3-16(15)27)4-5-25-10-12-6-13(17(19,20)21)9-14(7-12)18(22,23)24/h2-3,6-9,25-27H,4-5,10H2,1H3. The molecular formula is C18H18F6N2O3S. The lowest BCUT2D eigenvalue weighted by Crippen LogP contribution is -2.19. The lowest BCUT2D eigenvalue weighted by Gasteiger charge is -2.14. The Morgan fingerprint density at radius 3 is 1.97 bits per heavy atom. The Bertz CT molecular complexity index is 972. The van der Waals surface area contributed by atoms with Crippen molar-refractivity contribution >= 4 is 15.7 Å². The first-order chi connectivity index (χ1) is 13.6. The molecule has 0 aromatic heterocycles. The van der Waals surface area contributed by atoms with Gasteiger partial charge in [0.05, 0.1) is 23.1 Å². The summed E-state index contributed by atoms with van der Waals surface area (Å²) in [6, 6.07) is 5.52. The highest BCUT2D eigenvalue weighted by Crippen LogP contribution is 2.36. The normalized spacial score (nSPS) is 12.8. The van der Waals surface area contributed by atoms with Gasteiger partial charge in [0, 0.05) is 6.54 Å². The van der Waals surface area contributed by atoms with E-state index in [1.54, 1.807) is 0 Å². The minimum Gasteiger partial charge on any atom is -0.506 e. The Morgan fingerprint density at radius 1 is 0.900 bits per heavy atom. The number of nitrogens with one attached hydrogen (secondary N) is 2. The molecule has 0 aliphatic carbocycles. The fourth-order valence-electron chi connectivity index (χ4n) is 2.61. The van der Waals surface area contributed by atoms with Crippen molar-refractivity contribution in [3.05, 3.63) is 58.7 Å². The van der Waals surface area contributed by atoms with E-state index in [0.29, 0.717) is 17.7 Å². The van der Waals surface area contributed by atoms with E-state index in [2.05, 4.69) is 10.0 Å². The van der Waals surface area contributed by atoms with Crippen molar-refractivity contribution in [1.82, 2.24) is 5.32 Å². The number of alkyl halides is 6. The Labute approximate surface area is 168 Å². The fourth-order valence-corrected chi connectivity index (χ4v) is 3.17. The number of hydrogen-bond acceptors (Lipinski definition) is 4. The van der Waals surface area contributed by atoms with Gasteiger partial charge in [-0.15, -0.1) is 0 Å². The summed E-state index contributed by atoms with van der Waals surface area (Å²) in [6.45, 7) is -0.0553. The van der Waals surface area contributed by atoms with E-state index in [1.807, 2.05) is 0 Å². The molecule has 3 N–H and O–H groups in total. The first-order valence-electron chi connectivity index (χ1n) is 8.44. The van der Waals surface area contributed by atoms with E-state index >= 15 is 0 Å². The highest BCUT2D eigenvalue weighted by Gasteiger charge is 2.36. The van der Waals surface area contributed by atoms with Crippen molar-refractivity contribution in [3.8, 4) is 5.75 Å². The zero-order valence-corrected chi connectivity index (χ0v) is 16.3. The second-order valence-electron chi connectivity index (χ2n) is 6.57. The highest BCUT2D eigenvalue weighted by molar-refractivity contribution is 7.92. The maximum atomic E-state index is 12.9. The third-order valence-electron chi connectivity index (χ3n) is 3.92. The molecule has 5 nitrogen and oxygen atoms in total. The van der Waals surface area contributed by atoms with Crippen molar-refractivity contribution < 1.29 is 39.9 Å². The van der Waals surface area contributed by atoms with Crippen LogP contribution in [-0.2, 0) is 35.3 Å². The second kappa shape index (κ2) is 8.72. The van der Waals surface area contributed by atoms with Crippen LogP contribution in [0.1, 0.15) is 22.3 Å². The van der Waals surface area contributed by atoms with Crippen molar-refractivity contribution in [2.24, 2.45) is 0 Å². The number of benzene rings is 2. The Kier molecular flexibility index (Phi) is 6.92. The number of sulfonamides is 1. The molecule has 0 saturated carbocycles. The van der Waals surface area contributed by atoms with Crippen molar-refractivity contribution in [2.45, 2.75) is 25.3 Å². The van der Waals surface area contributed by atoms with Crippen LogP contribution in [0.25, 0.3) is 0 Å². The number of hydrogen-bond donors (Lipinski definition) is 3. The van der Waals surface area contributed by atoms with Crippen molar-refractivity contribution in [2.75, 3.05) is 17.5 Å². The maximum absolute atomic E-state index is 12.9. The summed E-state index contributed by atoms with van der Waals surface area (Å²) >= 11 is 0. The molecule has 0 atom stereocenters. The molecule has 0 heterocycles. The fraction of sp³-hybridized carbons (Fsp3) is 0.333. The van der Waals surface area contributed by atoms with Gasteiger partial charge in [0.2, 0.25) is 10.0 Å². The number of anilines is 1. The Morgan fingerprint density at radius 2 is 1.47 bits per heavy atom. The molecule has 12 heteroatoms. The van der Waals surface area contributed by atoms with E-state index in [-0.39, 0.29) is 42.6 Å². The molecule has 0 unspecified atom stereocenters. The molecule has 2 rings (SSSR count). The Hall–Kier alpha value is -2.47. The van der Waals surface area contributed by atoms with Crippen LogP contribution in [0.15, 0.2) is 36.4 Å². The molecule has 2 aromatic carbocycles. The number of aromatic hydroxyl groups is 1. The molecule has 30 heavy (non-hydrogen) atoms. The second-order valence-corrected chi connectivity index (χ2v) is 8.32. The van der Waals surface area contributed by atoms with Gasteiger partial charge in [-0.2, -0.15) is 26.3 Å². The zero-order valence-electron chi connectivity index (χ0n) is 15.5. The van der Waals surface area contributed by atoms with Gasteiger partial charge in [-0.05, 0) is 54.4 Å². The summed E-state index contributed by atoms with van der Waals surface area (Å²) in [5, 5.41) is 12.4. The molecular weight excluding hydrogens is 438 g/mol. The van der Waals surface area contributed by atoms with Crippen LogP contribution in [-0.4, -0.2) is 26.3 Å². The minimum atomic E-state index is -4.91. The summed E-state index contributed by atoms with van der Waals surface area (Å²) in [7, 11) is -3.62. The van der Waals surface area contributed by atoms with Crippen LogP contribution in [0.5, 0.6) is 5.75 Å². The average molecular weight is 456 g/mol. The van der Waals surface area contributed by atoms with Crippen LogP contribution in [0.3, 0.4) is 0 Å². The molecule has 0 amide bonds. The molecule has 0 saturated heterocycles. The van der Waals surface area contributed by atoms with E-state index in [0.717, 1.165) is 6.26 Å². The number of phenols is 1. The molecule has 0 radical (unpaired) electrons. The van der Waals surface area contributed by atoms with E-state index in [1.165, 1.54) is 18.2 Å². The van der Waals surface area contributed by atoms with E-state index < -0.39 is 33.5 Å². The van der Waals surface area contributed by atoms with Gasteiger partial charge in [-0.1, -0.05) is 6.07 Å². The molecule has 0 bridgehead atoms. The summed E-state index contributed by atoms with van der Waals surface area (Å²) in [5.41, 5.74) is -2.40. The number of rotatable bonds is 7. The van der Waals surface area contributed by atoms with Crippen LogP contribution in [0, 0.1) is 0 Å². The first-order valence-corrected chi connectivity index (χ1v) is 10.3. The van der Waals surface area contributed by atoms with Crippen LogP contribution < -0.4 is 10.0 Å². The van der Waals surface area contributed by atoms with Gasteiger partial charge < -0.3 is 10.4 Å². The predicted molar refractivity (Wildman–Crippen MR) is 98.4 cm³/mol. The molecule has 2 aromatic rings. The average Bonchev–Trinajstić information content (AvgIpc) is 2.58. The van der Waals surface area contributed by atoms with Crippen molar-refractivity contribution in [3.63, 3.8) is 0 Å². The van der Waals surface area contributed by atoms with Gasteiger partial charge in [-0.25, -0.2) is 8.42 Å². The smallest absolute Gasteiger partial charge is 0.416 e. The number of phenolic OH excluding ortho intramolecular Hbond substituents is 1. The van der Waals surface area contributed by atoms with Gasteiger partial charge in [0.15, 0.2) is 0 Å². The molecule has 0 aliphatic heterocycles. The maximum Gasteiger partial charge on any atom is 0.416 e. The predicted octanol–water partition coefficient (Wildman–Crippen LogP) is 4.13. The van der Waals surface area contributed by atoms with Gasteiger partial charge in [0.25, 0.3) is 0 Å². The lowest BCUT2D eigenvalue weighted by molar-refractivity contribution is -0.143. The van der Waals surface area contributed by atoms with Gasteiger partial charge in [0.1, 0.15) is 5.75 Å². The SMILES string of the molecule is CS(=O)(=O)Nc1cc(CCNCc2cc(C(F)(F)F)cc(C(F)(F)F)c2)ccc1O. The topological polar surface area (TPSA) is 78.4 Å². The van der Waals surface area contributed by atoms with Crippen LogP contribution in [0.4, 0.5) is 32.0 Å². The number of halogens is 6. The van der Waals surface area contributed by atoms with Crippen molar-refractivity contribution in [1.29, 1.82) is 0 Å². The van der Waals surface area contributed by atoms with E-state index in [4.69, 9.17) is 0 Å². The first kappa shape index (κ1) is 23.8. The monoisotopic (exact) mass is 456 g/mol. The summed E-state index contributed by atoms with van der Waals surface area (Å²) in [5.74, 6) is -0.291. The van der Waals surface area contributed by atoms with Gasteiger partial charge in [-0.3, -0.25) is 4.72 Å². The summed E-state index contributed by atoms with van der Waals surface area (Å²) < 4.78 is 102. The zero-order chi connectivity index (χ0) is 22.7. The quantitative estimate of drug-likeness (QED) is 0.333. The van der Waals surface area contributed by atoms with Gasteiger partial charge >= 0.3 is 12.4 Å². The molecule has 0 aliphatic rings. The Balaban J connectivity index is 2.06. The molecule has 0 spiro atoms. The minimum absolute atomic E-state index is 0.0392. The third kappa shape index (κ3) is 7.10. The lowest BCUT2D eigenvalue weighted by atomic mass is 10.0. The van der Waals surface area contributed by atoms with Crippen LogP contribution >= 0.6 is 0 Å². The largest absolute Gasteiger partial charge is 0.506 e.